The van der Waals surface area contributed by atoms with E-state index in [-0.39, 0.29) is 5.25 Å². The maximum atomic E-state index is 12.1. The Morgan fingerprint density at radius 2 is 1.53 bits per heavy atom. The quantitative estimate of drug-likeness (QED) is 0.745. The summed E-state index contributed by atoms with van der Waals surface area (Å²) in [6.07, 6.45) is 3.39. The molecule has 2 atom stereocenters. The van der Waals surface area contributed by atoms with Crippen LogP contribution in [0.2, 0.25) is 0 Å². The number of hydrogen-bond acceptors (Lipinski definition) is 1. The SMILES string of the molecule is [O-][S+]1CCCCC1c1ccc(-c2ccccc2)cc1. The summed E-state index contributed by atoms with van der Waals surface area (Å²) in [5.41, 5.74) is 3.70. The van der Waals surface area contributed by atoms with Gasteiger partial charge in [0.2, 0.25) is 0 Å². The summed E-state index contributed by atoms with van der Waals surface area (Å²) in [7, 11) is 0. The molecule has 1 nitrogen and oxygen atoms in total. The van der Waals surface area contributed by atoms with E-state index in [9.17, 15) is 4.55 Å². The van der Waals surface area contributed by atoms with Gasteiger partial charge in [0.05, 0.1) is 0 Å². The van der Waals surface area contributed by atoms with Gasteiger partial charge in [0.25, 0.3) is 0 Å². The van der Waals surface area contributed by atoms with Crippen LogP contribution in [0, 0.1) is 0 Å². The first-order chi connectivity index (χ1) is 9.34. The molecule has 98 valence electrons. The van der Waals surface area contributed by atoms with Gasteiger partial charge < -0.3 is 4.55 Å². The molecule has 0 radical (unpaired) electrons. The lowest BCUT2D eigenvalue weighted by Crippen LogP contribution is -2.21. The summed E-state index contributed by atoms with van der Waals surface area (Å²) in [5.74, 6) is 0.866. The van der Waals surface area contributed by atoms with Gasteiger partial charge in [-0.05, 0) is 41.6 Å². The van der Waals surface area contributed by atoms with E-state index in [0.29, 0.717) is 0 Å². The van der Waals surface area contributed by atoms with Crippen molar-refractivity contribution in [3.05, 3.63) is 60.2 Å². The van der Waals surface area contributed by atoms with Crippen LogP contribution in [0.1, 0.15) is 30.1 Å². The zero-order valence-electron chi connectivity index (χ0n) is 10.9. The van der Waals surface area contributed by atoms with E-state index >= 15 is 0 Å². The van der Waals surface area contributed by atoms with E-state index in [1.807, 2.05) is 6.07 Å². The third-order valence-electron chi connectivity index (χ3n) is 3.77. The summed E-state index contributed by atoms with van der Waals surface area (Å²) in [4.78, 5) is 0. The maximum Gasteiger partial charge on any atom is 0.140 e. The largest absolute Gasteiger partial charge is 0.616 e. The molecule has 0 bridgehead atoms. The standard InChI is InChI=1S/C17H18OS/c18-19-13-5-4-8-17(19)16-11-9-15(10-12-16)14-6-2-1-3-7-14/h1-3,6-7,9-12,17H,4-5,8,13H2. The third kappa shape index (κ3) is 2.85. The number of benzene rings is 2. The van der Waals surface area contributed by atoms with Crippen LogP contribution in [0.3, 0.4) is 0 Å². The number of rotatable bonds is 2. The van der Waals surface area contributed by atoms with Crippen LogP contribution in [0.25, 0.3) is 11.1 Å². The summed E-state index contributed by atoms with van der Waals surface area (Å²) >= 11 is -0.680. The fourth-order valence-corrected chi connectivity index (χ4v) is 4.35. The predicted octanol–water partition coefficient (Wildman–Crippen LogP) is 4.33. The van der Waals surface area contributed by atoms with E-state index in [0.717, 1.165) is 18.6 Å². The van der Waals surface area contributed by atoms with Crippen LogP contribution < -0.4 is 0 Å². The van der Waals surface area contributed by atoms with Crippen molar-refractivity contribution in [3.8, 4) is 11.1 Å². The Morgan fingerprint density at radius 1 is 0.842 bits per heavy atom. The Bertz CT molecular complexity index is 521. The minimum atomic E-state index is -0.680. The Kier molecular flexibility index (Phi) is 3.90. The molecule has 0 spiro atoms. The van der Waals surface area contributed by atoms with Crippen molar-refractivity contribution in [3.63, 3.8) is 0 Å². The zero-order valence-corrected chi connectivity index (χ0v) is 11.7. The van der Waals surface area contributed by atoms with Crippen molar-refractivity contribution in [2.75, 3.05) is 5.75 Å². The molecule has 1 aliphatic rings. The molecule has 0 N–H and O–H groups in total. The van der Waals surface area contributed by atoms with Gasteiger partial charge in [-0.3, -0.25) is 0 Å². The van der Waals surface area contributed by atoms with Gasteiger partial charge in [-0.15, -0.1) is 0 Å². The van der Waals surface area contributed by atoms with Crippen molar-refractivity contribution >= 4 is 11.2 Å². The van der Waals surface area contributed by atoms with Gasteiger partial charge in [0, 0.05) is 5.56 Å². The highest BCUT2D eigenvalue weighted by Gasteiger charge is 2.27. The first-order valence-corrected chi connectivity index (χ1v) is 8.25. The summed E-state index contributed by atoms with van der Waals surface area (Å²) in [6, 6.07) is 19.0. The van der Waals surface area contributed by atoms with Crippen LogP contribution in [-0.2, 0) is 11.2 Å². The normalized spacial score (nSPS) is 23.2. The van der Waals surface area contributed by atoms with Crippen LogP contribution in [0.15, 0.2) is 54.6 Å². The van der Waals surface area contributed by atoms with Crippen molar-refractivity contribution < 1.29 is 4.55 Å². The highest BCUT2D eigenvalue weighted by Crippen LogP contribution is 2.34. The summed E-state index contributed by atoms with van der Waals surface area (Å²) in [5, 5.41) is 0.249. The lowest BCUT2D eigenvalue weighted by Gasteiger charge is -2.26. The second-order valence-corrected chi connectivity index (χ2v) is 6.80. The van der Waals surface area contributed by atoms with Crippen molar-refractivity contribution in [1.29, 1.82) is 0 Å². The molecule has 1 saturated heterocycles. The molecule has 2 aromatic rings. The molecule has 2 unspecified atom stereocenters. The lowest BCUT2D eigenvalue weighted by molar-refractivity contribution is 0.545. The maximum absolute atomic E-state index is 12.1. The van der Waals surface area contributed by atoms with E-state index in [1.165, 1.54) is 23.1 Å². The predicted molar refractivity (Wildman–Crippen MR) is 81.5 cm³/mol. The molecule has 1 fully saturated rings. The van der Waals surface area contributed by atoms with Gasteiger partial charge in [0.1, 0.15) is 11.0 Å². The van der Waals surface area contributed by atoms with E-state index in [1.54, 1.807) is 0 Å². The first kappa shape index (κ1) is 12.8. The molecule has 1 heterocycles. The van der Waals surface area contributed by atoms with Gasteiger partial charge >= 0.3 is 0 Å². The Hall–Kier alpha value is -1.25. The van der Waals surface area contributed by atoms with Gasteiger partial charge in [-0.25, -0.2) is 0 Å². The van der Waals surface area contributed by atoms with Gasteiger partial charge in [0.15, 0.2) is 0 Å². The van der Waals surface area contributed by atoms with E-state index < -0.39 is 11.2 Å². The van der Waals surface area contributed by atoms with Crippen LogP contribution in [0.4, 0.5) is 0 Å². The Balaban J connectivity index is 1.83. The molecular weight excluding hydrogens is 252 g/mol. The highest BCUT2D eigenvalue weighted by atomic mass is 32.2. The molecule has 3 rings (SSSR count). The monoisotopic (exact) mass is 270 g/mol. The molecule has 1 aliphatic heterocycles. The average Bonchev–Trinajstić information content (AvgIpc) is 2.49. The summed E-state index contributed by atoms with van der Waals surface area (Å²) < 4.78 is 12.1. The van der Waals surface area contributed by atoms with Crippen LogP contribution in [0.5, 0.6) is 0 Å². The lowest BCUT2D eigenvalue weighted by atomic mass is 10.0. The smallest absolute Gasteiger partial charge is 0.140 e. The molecular formula is C17H18OS. The zero-order chi connectivity index (χ0) is 13.1. The Labute approximate surface area is 117 Å². The molecule has 0 saturated carbocycles. The minimum Gasteiger partial charge on any atom is -0.616 e. The van der Waals surface area contributed by atoms with Crippen LogP contribution >= 0.6 is 0 Å². The molecule has 2 heteroatoms. The molecule has 0 amide bonds. The average molecular weight is 270 g/mol. The van der Waals surface area contributed by atoms with E-state index in [4.69, 9.17) is 0 Å². The fourth-order valence-electron chi connectivity index (χ4n) is 2.69. The minimum absolute atomic E-state index is 0.249. The second kappa shape index (κ2) is 5.81. The highest BCUT2D eigenvalue weighted by molar-refractivity contribution is 7.91. The van der Waals surface area contributed by atoms with Crippen LogP contribution in [-0.4, -0.2) is 10.3 Å². The third-order valence-corrected chi connectivity index (χ3v) is 5.60. The molecule has 2 aromatic carbocycles. The van der Waals surface area contributed by atoms with Crippen molar-refractivity contribution in [1.82, 2.24) is 0 Å². The van der Waals surface area contributed by atoms with Crippen molar-refractivity contribution in [2.45, 2.75) is 24.5 Å². The topological polar surface area (TPSA) is 23.1 Å². The Morgan fingerprint density at radius 3 is 2.21 bits per heavy atom. The van der Waals surface area contributed by atoms with E-state index in [2.05, 4.69) is 48.5 Å². The summed E-state index contributed by atoms with van der Waals surface area (Å²) in [6.45, 7) is 0. The molecule has 0 aliphatic carbocycles. The first-order valence-electron chi connectivity index (χ1n) is 6.87. The van der Waals surface area contributed by atoms with Crippen molar-refractivity contribution in [2.24, 2.45) is 0 Å². The van der Waals surface area contributed by atoms with Gasteiger partial charge in [-0.1, -0.05) is 54.6 Å². The second-order valence-electron chi connectivity index (χ2n) is 5.06. The number of hydrogen-bond donors (Lipinski definition) is 0. The molecule has 0 aromatic heterocycles. The molecule has 19 heavy (non-hydrogen) atoms. The fraction of sp³-hybridized carbons (Fsp3) is 0.294. The van der Waals surface area contributed by atoms with Gasteiger partial charge in [-0.2, -0.15) is 0 Å².